The highest BCUT2D eigenvalue weighted by molar-refractivity contribution is 7.59. The van der Waals surface area contributed by atoms with Crippen molar-refractivity contribution >= 4 is 42.5 Å². The molecule has 180 valence electrons. The van der Waals surface area contributed by atoms with Gasteiger partial charge in [0.15, 0.2) is 23.1 Å². The Labute approximate surface area is 199 Å². The van der Waals surface area contributed by atoms with E-state index in [1.54, 1.807) is 36.3 Å². The average molecular weight is 493 g/mol. The Balaban J connectivity index is 0.00000324. The molecular formula is C20H22F2N8O3S. The lowest BCUT2D eigenvalue weighted by atomic mass is 10.1. The number of carbonyl (C=O) groups is 2. The number of aromatic nitrogens is 5. The van der Waals surface area contributed by atoms with Crippen molar-refractivity contribution in [2.24, 2.45) is 13.0 Å². The van der Waals surface area contributed by atoms with Crippen molar-refractivity contribution in [2.75, 3.05) is 24.8 Å². The Morgan fingerprint density at radius 1 is 1.24 bits per heavy atom. The number of benzene rings is 1. The molecule has 0 bridgehead atoms. The van der Waals surface area contributed by atoms with E-state index >= 15 is 0 Å². The summed E-state index contributed by atoms with van der Waals surface area (Å²) in [4.78, 5) is 28.6. The Kier molecular flexibility index (Phi) is 7.00. The second kappa shape index (κ2) is 9.59. The van der Waals surface area contributed by atoms with Gasteiger partial charge in [0.1, 0.15) is 12.2 Å². The number of nitrogens with zero attached hydrogens (tertiary/aromatic N) is 5. The smallest absolute Gasteiger partial charge is 0.273 e. The largest absolute Gasteiger partial charge is 0.494 e. The summed E-state index contributed by atoms with van der Waals surface area (Å²) in [6, 6.07) is 6.54. The van der Waals surface area contributed by atoms with Crippen molar-refractivity contribution in [2.45, 2.75) is 12.3 Å². The zero-order chi connectivity index (χ0) is 23.8. The van der Waals surface area contributed by atoms with Gasteiger partial charge >= 0.3 is 0 Å². The van der Waals surface area contributed by atoms with Gasteiger partial charge in [-0.05, 0) is 12.1 Å². The summed E-state index contributed by atoms with van der Waals surface area (Å²) in [7, 11) is 4.63. The van der Waals surface area contributed by atoms with Crippen LogP contribution in [-0.2, 0) is 11.8 Å². The number of anilines is 3. The lowest BCUT2D eigenvalue weighted by molar-refractivity contribution is -0.119. The van der Waals surface area contributed by atoms with Gasteiger partial charge in [0.2, 0.25) is 5.91 Å². The minimum Gasteiger partial charge on any atom is -0.494 e. The maximum Gasteiger partial charge on any atom is 0.273 e. The van der Waals surface area contributed by atoms with Crippen LogP contribution in [0.5, 0.6) is 5.75 Å². The van der Waals surface area contributed by atoms with E-state index in [4.69, 9.17) is 4.74 Å². The van der Waals surface area contributed by atoms with Gasteiger partial charge in [0.05, 0.1) is 24.0 Å². The number of hydrogen-bond donors (Lipinski definition) is 3. The van der Waals surface area contributed by atoms with E-state index in [-0.39, 0.29) is 30.7 Å². The van der Waals surface area contributed by atoms with Crippen LogP contribution in [0.4, 0.5) is 26.0 Å². The molecule has 1 saturated carbocycles. The maximum absolute atomic E-state index is 13.2. The van der Waals surface area contributed by atoms with Crippen molar-refractivity contribution < 1.29 is 23.1 Å². The van der Waals surface area contributed by atoms with Gasteiger partial charge < -0.3 is 20.7 Å². The number of methoxy groups -OCH3 is 1. The fourth-order valence-electron chi connectivity index (χ4n) is 3.18. The van der Waals surface area contributed by atoms with E-state index in [0.29, 0.717) is 22.8 Å². The zero-order valence-electron chi connectivity index (χ0n) is 18.4. The third-order valence-electron chi connectivity index (χ3n) is 4.96. The predicted octanol–water partition coefficient (Wildman–Crippen LogP) is 2.09. The summed E-state index contributed by atoms with van der Waals surface area (Å²) in [6.07, 6.45) is 1.03. The molecule has 14 heteroatoms. The highest BCUT2D eigenvalue weighted by Crippen LogP contribution is 2.49. The van der Waals surface area contributed by atoms with Gasteiger partial charge in [-0.15, -0.1) is 10.2 Å². The van der Waals surface area contributed by atoms with Crippen molar-refractivity contribution in [1.29, 1.82) is 0 Å². The van der Waals surface area contributed by atoms with E-state index in [9.17, 15) is 18.4 Å². The second-order valence-electron chi connectivity index (χ2n) is 7.33. The van der Waals surface area contributed by atoms with Gasteiger partial charge in [-0.25, -0.2) is 13.8 Å². The first-order valence-corrected chi connectivity index (χ1v) is 9.82. The van der Waals surface area contributed by atoms with Crippen LogP contribution in [-0.4, -0.2) is 56.9 Å². The van der Waals surface area contributed by atoms with E-state index in [2.05, 4.69) is 36.2 Å². The second-order valence-corrected chi connectivity index (χ2v) is 7.33. The van der Waals surface area contributed by atoms with Gasteiger partial charge in [0, 0.05) is 26.6 Å². The molecule has 0 spiro atoms. The molecule has 1 aromatic carbocycles. The first kappa shape index (κ1) is 24.8. The van der Waals surface area contributed by atoms with Gasteiger partial charge in [-0.1, -0.05) is 6.07 Å². The number of rotatable bonds is 7. The fraction of sp³-hybridized carbons (Fsp3) is 0.300. The quantitative estimate of drug-likeness (QED) is 0.456. The maximum atomic E-state index is 13.2. The molecule has 2 heterocycles. The first-order chi connectivity index (χ1) is 15.7. The molecule has 0 aliphatic heterocycles. The highest BCUT2D eigenvalue weighted by atomic mass is 32.1. The van der Waals surface area contributed by atoms with E-state index in [0.717, 1.165) is 0 Å². The Morgan fingerprint density at radius 3 is 2.56 bits per heavy atom. The average Bonchev–Trinajstić information content (AvgIpc) is 3.22. The first-order valence-electron chi connectivity index (χ1n) is 9.82. The van der Waals surface area contributed by atoms with E-state index in [1.165, 1.54) is 20.2 Å². The summed E-state index contributed by atoms with van der Waals surface area (Å²) in [5.41, 5.74) is 1.14. The molecule has 0 unspecified atom stereocenters. The van der Waals surface area contributed by atoms with Crippen LogP contribution in [0.3, 0.4) is 0 Å². The standard InChI is InChI=1S/C20H20F2N8O3.H2S/c1-23-19(32)15-13(7-14(27-28-15)26-18(31)11-8-20(11,21)22)25-12-6-4-5-10(16(12)33-3)17-24-9-30(2)29-17;/h4-7,9,11H,8H2,1-3H3,(H,23,32)(H2,25,26,27,31);1H2/t11-;/m0./s1. The minimum atomic E-state index is -3.02. The van der Waals surface area contributed by atoms with Crippen LogP contribution in [0.1, 0.15) is 16.9 Å². The summed E-state index contributed by atoms with van der Waals surface area (Å²) in [5, 5.41) is 19.7. The Morgan fingerprint density at radius 2 is 1.97 bits per heavy atom. The molecule has 1 aliphatic carbocycles. The molecule has 2 aromatic heterocycles. The molecule has 2 amide bonds. The molecule has 3 aromatic rings. The molecule has 1 fully saturated rings. The number of alkyl halides is 2. The summed E-state index contributed by atoms with van der Waals surface area (Å²) in [5.74, 6) is -5.10. The number of halogens is 2. The number of nitrogens with one attached hydrogen (secondary N) is 3. The predicted molar refractivity (Wildman–Crippen MR) is 124 cm³/mol. The van der Waals surface area contributed by atoms with E-state index in [1.807, 2.05) is 0 Å². The molecule has 0 radical (unpaired) electrons. The normalized spacial score (nSPS) is 15.6. The van der Waals surface area contributed by atoms with Crippen LogP contribution in [0.2, 0.25) is 0 Å². The third-order valence-corrected chi connectivity index (χ3v) is 4.96. The Bertz CT molecular complexity index is 1240. The van der Waals surface area contributed by atoms with Crippen molar-refractivity contribution in [3.05, 3.63) is 36.3 Å². The third kappa shape index (κ3) is 4.90. The number of para-hydroxylation sites is 1. The number of amides is 2. The number of carbonyl (C=O) groups excluding carboxylic acids is 2. The molecule has 0 saturated heterocycles. The van der Waals surface area contributed by atoms with Gasteiger partial charge in [0.25, 0.3) is 11.8 Å². The topological polar surface area (TPSA) is 136 Å². The number of ether oxygens (including phenoxy) is 1. The van der Waals surface area contributed by atoms with Crippen LogP contribution < -0.4 is 20.7 Å². The monoisotopic (exact) mass is 492 g/mol. The summed E-state index contributed by atoms with van der Waals surface area (Å²) < 4.78 is 33.5. The Hall–Kier alpha value is -3.81. The van der Waals surface area contributed by atoms with Crippen LogP contribution in [0.15, 0.2) is 30.6 Å². The highest BCUT2D eigenvalue weighted by Gasteiger charge is 2.61. The van der Waals surface area contributed by atoms with Gasteiger partial charge in [-0.3, -0.25) is 14.3 Å². The summed E-state index contributed by atoms with van der Waals surface area (Å²) >= 11 is 0. The molecule has 1 aliphatic rings. The SMILES string of the molecule is CNC(=O)c1nnc(NC(=O)[C@@H]2CC2(F)F)cc1Nc1cccc(-c2ncn(C)n2)c1OC.S. The molecular weight excluding hydrogens is 470 g/mol. The minimum absolute atomic E-state index is 0. The van der Waals surface area contributed by atoms with Crippen LogP contribution in [0, 0.1) is 5.92 Å². The van der Waals surface area contributed by atoms with Gasteiger partial charge in [-0.2, -0.15) is 18.6 Å². The molecule has 3 N–H and O–H groups in total. The van der Waals surface area contributed by atoms with E-state index < -0.39 is 30.1 Å². The molecule has 1 atom stereocenters. The fourth-order valence-corrected chi connectivity index (χ4v) is 3.18. The zero-order valence-corrected chi connectivity index (χ0v) is 19.4. The lowest BCUT2D eigenvalue weighted by Gasteiger charge is -2.16. The lowest BCUT2D eigenvalue weighted by Crippen LogP contribution is -2.23. The van der Waals surface area contributed by atoms with Crippen molar-refractivity contribution in [1.82, 2.24) is 30.3 Å². The molecule has 34 heavy (non-hydrogen) atoms. The molecule has 11 nitrogen and oxygen atoms in total. The van der Waals surface area contributed by atoms with Crippen LogP contribution in [0.25, 0.3) is 11.4 Å². The van der Waals surface area contributed by atoms with Crippen molar-refractivity contribution in [3.8, 4) is 17.1 Å². The number of aryl methyl sites for hydroxylation is 1. The summed E-state index contributed by atoms with van der Waals surface area (Å²) in [6.45, 7) is 0. The molecule has 4 rings (SSSR count). The van der Waals surface area contributed by atoms with Crippen LogP contribution >= 0.6 is 13.5 Å². The van der Waals surface area contributed by atoms with Crippen molar-refractivity contribution in [3.63, 3.8) is 0 Å². The number of hydrogen-bond acceptors (Lipinski definition) is 8.